The Kier molecular flexibility index (Phi) is 5.28. The molecule has 0 amide bonds. The topological polar surface area (TPSA) is 72.5 Å². The molecule has 7 heteroatoms. The number of hydrogen-bond acceptors (Lipinski definition) is 4. The standard InChI is InChI=1S/C16H16ClNO4S/c1-11(2)22-16(19)12-4-3-5-15(10-12)23(20,21)18-14-8-6-13(17)7-9-14/h3-11,18H,1-2H3. The van der Waals surface area contributed by atoms with Crippen LogP contribution in [0.2, 0.25) is 5.02 Å². The van der Waals surface area contributed by atoms with Crippen LogP contribution >= 0.6 is 11.6 Å². The molecule has 0 aliphatic rings. The minimum atomic E-state index is -3.81. The molecule has 0 aliphatic carbocycles. The highest BCUT2D eigenvalue weighted by Crippen LogP contribution is 2.19. The Bertz CT molecular complexity index is 801. The van der Waals surface area contributed by atoms with Crippen molar-refractivity contribution in [2.24, 2.45) is 0 Å². The zero-order valence-corrected chi connectivity index (χ0v) is 14.2. The van der Waals surface area contributed by atoms with Crippen LogP contribution in [0.5, 0.6) is 0 Å². The van der Waals surface area contributed by atoms with E-state index < -0.39 is 16.0 Å². The van der Waals surface area contributed by atoms with Crippen LogP contribution in [0.3, 0.4) is 0 Å². The summed E-state index contributed by atoms with van der Waals surface area (Å²) in [6, 6.07) is 12.0. The summed E-state index contributed by atoms with van der Waals surface area (Å²) in [6.45, 7) is 3.45. The number of carbonyl (C=O) groups is 1. The second kappa shape index (κ2) is 7.02. The van der Waals surface area contributed by atoms with Crippen molar-refractivity contribution in [2.45, 2.75) is 24.8 Å². The van der Waals surface area contributed by atoms with Gasteiger partial charge < -0.3 is 4.74 Å². The Morgan fingerprint density at radius 1 is 1.13 bits per heavy atom. The second-order valence-electron chi connectivity index (χ2n) is 5.09. The molecule has 1 N–H and O–H groups in total. The number of halogens is 1. The Hall–Kier alpha value is -2.05. The molecule has 0 unspecified atom stereocenters. The number of anilines is 1. The van der Waals surface area contributed by atoms with Gasteiger partial charge in [0.1, 0.15) is 0 Å². The molecule has 0 saturated carbocycles. The van der Waals surface area contributed by atoms with Gasteiger partial charge in [-0.2, -0.15) is 0 Å². The lowest BCUT2D eigenvalue weighted by molar-refractivity contribution is 0.0377. The van der Waals surface area contributed by atoms with E-state index in [2.05, 4.69) is 4.72 Å². The zero-order valence-electron chi connectivity index (χ0n) is 12.6. The van der Waals surface area contributed by atoms with E-state index in [-0.39, 0.29) is 16.6 Å². The first kappa shape index (κ1) is 17.3. The van der Waals surface area contributed by atoms with Crippen molar-refractivity contribution in [3.63, 3.8) is 0 Å². The SMILES string of the molecule is CC(C)OC(=O)c1cccc(S(=O)(=O)Nc2ccc(Cl)cc2)c1. The number of ether oxygens (including phenoxy) is 1. The number of carbonyl (C=O) groups excluding carboxylic acids is 1. The molecular formula is C16H16ClNO4S. The molecule has 23 heavy (non-hydrogen) atoms. The molecule has 2 rings (SSSR count). The molecule has 0 radical (unpaired) electrons. The van der Waals surface area contributed by atoms with Crippen molar-refractivity contribution >= 4 is 33.3 Å². The van der Waals surface area contributed by atoms with Gasteiger partial charge in [-0.25, -0.2) is 13.2 Å². The summed E-state index contributed by atoms with van der Waals surface area (Å²) in [5.41, 5.74) is 0.558. The largest absolute Gasteiger partial charge is 0.459 e. The molecular weight excluding hydrogens is 338 g/mol. The smallest absolute Gasteiger partial charge is 0.338 e. The van der Waals surface area contributed by atoms with Gasteiger partial charge in [-0.1, -0.05) is 17.7 Å². The fourth-order valence-corrected chi connectivity index (χ4v) is 3.03. The first-order valence-corrected chi connectivity index (χ1v) is 8.73. The number of benzene rings is 2. The van der Waals surface area contributed by atoms with Gasteiger partial charge in [-0.05, 0) is 56.3 Å². The lowest BCUT2D eigenvalue weighted by Crippen LogP contribution is -2.15. The Morgan fingerprint density at radius 3 is 2.39 bits per heavy atom. The minimum Gasteiger partial charge on any atom is -0.459 e. The number of hydrogen-bond donors (Lipinski definition) is 1. The van der Waals surface area contributed by atoms with Crippen LogP contribution in [-0.4, -0.2) is 20.5 Å². The Morgan fingerprint density at radius 2 is 1.78 bits per heavy atom. The molecule has 0 aliphatic heterocycles. The first-order chi connectivity index (χ1) is 10.8. The summed E-state index contributed by atoms with van der Waals surface area (Å²) in [7, 11) is -3.81. The molecule has 0 saturated heterocycles. The lowest BCUT2D eigenvalue weighted by Gasteiger charge is -2.11. The zero-order chi connectivity index (χ0) is 17.0. The van der Waals surface area contributed by atoms with Gasteiger partial charge in [0.2, 0.25) is 0 Å². The van der Waals surface area contributed by atoms with E-state index in [1.807, 2.05) is 0 Å². The van der Waals surface area contributed by atoms with Gasteiger partial charge in [-0.15, -0.1) is 0 Å². The van der Waals surface area contributed by atoms with Crippen molar-refractivity contribution in [1.29, 1.82) is 0 Å². The summed E-state index contributed by atoms with van der Waals surface area (Å²) in [6.07, 6.45) is -0.282. The van der Waals surface area contributed by atoms with Gasteiger partial charge in [-0.3, -0.25) is 4.72 Å². The first-order valence-electron chi connectivity index (χ1n) is 6.87. The van der Waals surface area contributed by atoms with Crippen LogP contribution in [0.4, 0.5) is 5.69 Å². The van der Waals surface area contributed by atoms with Crippen molar-refractivity contribution in [2.75, 3.05) is 4.72 Å². The average Bonchev–Trinajstić information content (AvgIpc) is 2.49. The molecule has 0 heterocycles. The van der Waals surface area contributed by atoms with E-state index in [0.717, 1.165) is 0 Å². The van der Waals surface area contributed by atoms with E-state index in [0.29, 0.717) is 10.7 Å². The van der Waals surface area contributed by atoms with Gasteiger partial charge in [0.15, 0.2) is 0 Å². The van der Waals surface area contributed by atoms with Gasteiger partial charge >= 0.3 is 5.97 Å². The highest BCUT2D eigenvalue weighted by Gasteiger charge is 2.17. The van der Waals surface area contributed by atoms with Crippen molar-refractivity contribution in [1.82, 2.24) is 0 Å². The van der Waals surface area contributed by atoms with Crippen LogP contribution in [0, 0.1) is 0 Å². The quantitative estimate of drug-likeness (QED) is 0.832. The third kappa shape index (κ3) is 4.71. The van der Waals surface area contributed by atoms with E-state index >= 15 is 0 Å². The van der Waals surface area contributed by atoms with E-state index in [9.17, 15) is 13.2 Å². The molecule has 2 aromatic rings. The molecule has 2 aromatic carbocycles. The fraction of sp³-hybridized carbons (Fsp3) is 0.188. The van der Waals surface area contributed by atoms with E-state index in [1.54, 1.807) is 38.1 Å². The van der Waals surface area contributed by atoms with Gasteiger partial charge in [0.25, 0.3) is 10.0 Å². The normalized spacial score (nSPS) is 11.3. The average molecular weight is 354 g/mol. The fourth-order valence-electron chi connectivity index (χ4n) is 1.80. The van der Waals surface area contributed by atoms with Crippen LogP contribution < -0.4 is 4.72 Å². The van der Waals surface area contributed by atoms with Crippen LogP contribution in [0.25, 0.3) is 0 Å². The number of sulfonamides is 1. The number of nitrogens with one attached hydrogen (secondary N) is 1. The maximum Gasteiger partial charge on any atom is 0.338 e. The van der Waals surface area contributed by atoms with Gasteiger partial charge in [0, 0.05) is 10.7 Å². The highest BCUT2D eigenvalue weighted by atomic mass is 35.5. The summed E-state index contributed by atoms with van der Waals surface area (Å²) >= 11 is 5.77. The monoisotopic (exact) mass is 353 g/mol. The Labute approximate surface area is 140 Å². The van der Waals surface area contributed by atoms with Gasteiger partial charge in [0.05, 0.1) is 16.6 Å². The maximum absolute atomic E-state index is 12.4. The minimum absolute atomic E-state index is 0.0225. The molecule has 0 bridgehead atoms. The van der Waals surface area contributed by atoms with E-state index in [1.165, 1.54) is 24.3 Å². The van der Waals surface area contributed by atoms with Crippen molar-refractivity contribution in [3.8, 4) is 0 Å². The predicted molar refractivity (Wildman–Crippen MR) is 89.3 cm³/mol. The molecule has 122 valence electrons. The van der Waals surface area contributed by atoms with Crippen LogP contribution in [0.15, 0.2) is 53.4 Å². The summed E-state index contributed by atoms with van der Waals surface area (Å²) in [5.74, 6) is -0.566. The lowest BCUT2D eigenvalue weighted by atomic mass is 10.2. The Balaban J connectivity index is 2.26. The van der Waals surface area contributed by atoms with Crippen LogP contribution in [0.1, 0.15) is 24.2 Å². The molecule has 5 nitrogen and oxygen atoms in total. The molecule has 0 atom stereocenters. The molecule has 0 fully saturated rings. The third-order valence-corrected chi connectivity index (χ3v) is 4.45. The summed E-state index contributed by atoms with van der Waals surface area (Å²) in [4.78, 5) is 11.9. The summed E-state index contributed by atoms with van der Waals surface area (Å²) in [5, 5.41) is 0.506. The predicted octanol–water partition coefficient (Wildman–Crippen LogP) is 3.71. The highest BCUT2D eigenvalue weighted by molar-refractivity contribution is 7.92. The van der Waals surface area contributed by atoms with Crippen molar-refractivity contribution < 1.29 is 17.9 Å². The number of rotatable bonds is 5. The van der Waals surface area contributed by atoms with Crippen molar-refractivity contribution in [3.05, 3.63) is 59.1 Å². The molecule has 0 aromatic heterocycles. The maximum atomic E-state index is 12.4. The number of esters is 1. The van der Waals surface area contributed by atoms with E-state index in [4.69, 9.17) is 16.3 Å². The second-order valence-corrected chi connectivity index (χ2v) is 7.21. The summed E-state index contributed by atoms with van der Waals surface area (Å²) < 4.78 is 32.3. The third-order valence-electron chi connectivity index (χ3n) is 2.82. The van der Waals surface area contributed by atoms with Crippen LogP contribution in [-0.2, 0) is 14.8 Å². The molecule has 0 spiro atoms.